The molecular weight excluding hydrogens is 266 g/mol. The Morgan fingerprint density at radius 1 is 1.19 bits per heavy atom. The number of amides is 2. The summed E-state index contributed by atoms with van der Waals surface area (Å²) in [6.07, 6.45) is 3.19. The molecule has 2 heterocycles. The molecule has 0 bridgehead atoms. The van der Waals surface area contributed by atoms with Crippen LogP contribution < -0.4 is 10.6 Å². The highest BCUT2D eigenvalue weighted by Gasteiger charge is 2.40. The minimum Gasteiger partial charge on any atom is -0.355 e. The smallest absolute Gasteiger partial charge is 0.237 e. The molecule has 1 fully saturated rings. The maximum Gasteiger partial charge on any atom is 0.237 e. The summed E-state index contributed by atoms with van der Waals surface area (Å²) in [5.41, 5.74) is 1.58. The van der Waals surface area contributed by atoms with E-state index in [1.807, 2.05) is 30.3 Å². The zero-order valence-electron chi connectivity index (χ0n) is 11.3. The third-order valence-corrected chi connectivity index (χ3v) is 3.62. The lowest BCUT2D eigenvalue weighted by Gasteiger charge is -2.16. The van der Waals surface area contributed by atoms with E-state index in [-0.39, 0.29) is 17.7 Å². The van der Waals surface area contributed by atoms with Gasteiger partial charge >= 0.3 is 0 Å². The molecule has 2 amide bonds. The molecule has 5 heteroatoms. The summed E-state index contributed by atoms with van der Waals surface area (Å²) in [7, 11) is 0. The highest BCUT2D eigenvalue weighted by molar-refractivity contribution is 6.08. The van der Waals surface area contributed by atoms with E-state index in [0.717, 1.165) is 5.56 Å². The van der Waals surface area contributed by atoms with Crippen molar-refractivity contribution in [2.24, 2.45) is 5.92 Å². The first-order chi connectivity index (χ1) is 10.3. The Labute approximate surface area is 122 Å². The van der Waals surface area contributed by atoms with Gasteiger partial charge in [-0.1, -0.05) is 30.3 Å². The van der Waals surface area contributed by atoms with Crippen molar-refractivity contribution in [3.8, 4) is 0 Å². The van der Waals surface area contributed by atoms with Gasteiger partial charge in [-0.25, -0.2) is 0 Å². The summed E-state index contributed by atoms with van der Waals surface area (Å²) >= 11 is 0. The number of aromatic nitrogens is 1. The second-order valence-electron chi connectivity index (χ2n) is 4.97. The summed E-state index contributed by atoms with van der Waals surface area (Å²) in [6, 6.07) is 13.1. The maximum absolute atomic E-state index is 12.4. The number of anilines is 1. The molecule has 2 unspecified atom stereocenters. The molecular formula is C16H15N3O2. The zero-order valence-corrected chi connectivity index (χ0v) is 11.3. The zero-order chi connectivity index (χ0) is 14.7. The van der Waals surface area contributed by atoms with E-state index in [9.17, 15) is 9.59 Å². The van der Waals surface area contributed by atoms with Crippen molar-refractivity contribution in [1.82, 2.24) is 10.3 Å². The molecule has 3 rings (SSSR count). The molecule has 0 aliphatic carbocycles. The highest BCUT2D eigenvalue weighted by Crippen LogP contribution is 2.29. The number of nitrogens with zero attached hydrogens (tertiary/aromatic N) is 1. The van der Waals surface area contributed by atoms with Gasteiger partial charge in [0, 0.05) is 18.7 Å². The number of rotatable bonds is 3. The van der Waals surface area contributed by atoms with Crippen LogP contribution in [0.1, 0.15) is 11.5 Å². The van der Waals surface area contributed by atoms with Crippen molar-refractivity contribution in [3.63, 3.8) is 0 Å². The van der Waals surface area contributed by atoms with E-state index in [1.54, 1.807) is 24.5 Å². The average molecular weight is 281 g/mol. The standard InChI is InChI=1S/C16H15N3O2/c20-15-14(16(21)19-12-7-4-8-17-9-12)13(10-18-15)11-5-2-1-3-6-11/h1-9,13-14H,10H2,(H,18,20)(H,19,21). The molecule has 0 saturated carbocycles. The molecule has 2 atom stereocenters. The summed E-state index contributed by atoms with van der Waals surface area (Å²) in [5.74, 6) is -1.39. The number of pyridine rings is 1. The monoisotopic (exact) mass is 281 g/mol. The second kappa shape index (κ2) is 5.75. The number of carbonyl (C=O) groups excluding carboxylic acids is 2. The van der Waals surface area contributed by atoms with Gasteiger partial charge in [0.05, 0.1) is 11.9 Å². The molecule has 21 heavy (non-hydrogen) atoms. The molecule has 2 N–H and O–H groups in total. The van der Waals surface area contributed by atoms with Gasteiger partial charge in [0.1, 0.15) is 5.92 Å². The van der Waals surface area contributed by atoms with Gasteiger partial charge in [-0.05, 0) is 17.7 Å². The first kappa shape index (κ1) is 13.3. The van der Waals surface area contributed by atoms with Gasteiger partial charge < -0.3 is 10.6 Å². The van der Waals surface area contributed by atoms with Crippen LogP contribution in [0.25, 0.3) is 0 Å². The molecule has 1 aliphatic rings. The number of carbonyl (C=O) groups is 2. The van der Waals surface area contributed by atoms with Gasteiger partial charge in [-0.3, -0.25) is 14.6 Å². The largest absolute Gasteiger partial charge is 0.355 e. The van der Waals surface area contributed by atoms with Crippen LogP contribution in [-0.4, -0.2) is 23.3 Å². The quantitative estimate of drug-likeness (QED) is 0.839. The van der Waals surface area contributed by atoms with Crippen LogP contribution in [0.4, 0.5) is 5.69 Å². The molecule has 0 radical (unpaired) electrons. The number of hydrogen-bond donors (Lipinski definition) is 2. The van der Waals surface area contributed by atoms with Crippen molar-refractivity contribution in [2.45, 2.75) is 5.92 Å². The minimum absolute atomic E-state index is 0.143. The third kappa shape index (κ3) is 2.76. The highest BCUT2D eigenvalue weighted by atomic mass is 16.2. The molecule has 0 spiro atoms. The topological polar surface area (TPSA) is 71.1 Å². The molecule has 1 aromatic carbocycles. The molecule has 1 aromatic heterocycles. The van der Waals surface area contributed by atoms with Crippen molar-refractivity contribution in [3.05, 3.63) is 60.4 Å². The van der Waals surface area contributed by atoms with Crippen LogP contribution in [0, 0.1) is 5.92 Å². The fraction of sp³-hybridized carbons (Fsp3) is 0.188. The molecule has 106 valence electrons. The van der Waals surface area contributed by atoms with E-state index in [1.165, 1.54) is 0 Å². The van der Waals surface area contributed by atoms with Crippen molar-refractivity contribution in [2.75, 3.05) is 11.9 Å². The van der Waals surface area contributed by atoms with E-state index in [4.69, 9.17) is 0 Å². The van der Waals surface area contributed by atoms with Crippen LogP contribution in [0.3, 0.4) is 0 Å². The predicted molar refractivity (Wildman–Crippen MR) is 78.5 cm³/mol. The van der Waals surface area contributed by atoms with E-state index >= 15 is 0 Å². The van der Waals surface area contributed by atoms with Crippen LogP contribution in [0.5, 0.6) is 0 Å². The van der Waals surface area contributed by atoms with Crippen LogP contribution in [-0.2, 0) is 9.59 Å². The van der Waals surface area contributed by atoms with Gasteiger partial charge in [-0.2, -0.15) is 0 Å². The SMILES string of the molecule is O=C1NCC(c2ccccc2)C1C(=O)Nc1cccnc1. The van der Waals surface area contributed by atoms with Crippen LogP contribution in [0.2, 0.25) is 0 Å². The Bertz CT molecular complexity index is 643. The van der Waals surface area contributed by atoms with Crippen LogP contribution >= 0.6 is 0 Å². The van der Waals surface area contributed by atoms with E-state index in [2.05, 4.69) is 15.6 Å². The lowest BCUT2D eigenvalue weighted by atomic mass is 9.88. The summed E-state index contributed by atoms with van der Waals surface area (Å²) in [5, 5.41) is 5.52. The van der Waals surface area contributed by atoms with Crippen molar-refractivity contribution < 1.29 is 9.59 Å². The molecule has 1 saturated heterocycles. The molecule has 2 aromatic rings. The van der Waals surface area contributed by atoms with E-state index in [0.29, 0.717) is 12.2 Å². The predicted octanol–water partition coefficient (Wildman–Crippen LogP) is 1.55. The van der Waals surface area contributed by atoms with Crippen molar-refractivity contribution >= 4 is 17.5 Å². The number of benzene rings is 1. The summed E-state index contributed by atoms with van der Waals surface area (Å²) in [6.45, 7) is 0.480. The fourth-order valence-electron chi connectivity index (χ4n) is 2.59. The normalized spacial score (nSPS) is 20.9. The average Bonchev–Trinajstić information content (AvgIpc) is 2.91. The van der Waals surface area contributed by atoms with Gasteiger partial charge in [-0.15, -0.1) is 0 Å². The Morgan fingerprint density at radius 2 is 2.00 bits per heavy atom. The Balaban J connectivity index is 1.81. The Hall–Kier alpha value is -2.69. The first-order valence-electron chi connectivity index (χ1n) is 6.79. The lowest BCUT2D eigenvalue weighted by molar-refractivity contribution is -0.130. The number of nitrogens with one attached hydrogen (secondary N) is 2. The lowest BCUT2D eigenvalue weighted by Crippen LogP contribution is -2.32. The van der Waals surface area contributed by atoms with E-state index < -0.39 is 5.92 Å². The summed E-state index contributed by atoms with van der Waals surface area (Å²) in [4.78, 5) is 28.4. The van der Waals surface area contributed by atoms with Gasteiger partial charge in [0.2, 0.25) is 11.8 Å². The van der Waals surface area contributed by atoms with Gasteiger partial charge in [0.25, 0.3) is 0 Å². The number of hydrogen-bond acceptors (Lipinski definition) is 3. The maximum atomic E-state index is 12.4. The Kier molecular flexibility index (Phi) is 3.64. The van der Waals surface area contributed by atoms with Crippen LogP contribution in [0.15, 0.2) is 54.9 Å². The minimum atomic E-state index is -0.715. The molecule has 5 nitrogen and oxygen atoms in total. The second-order valence-corrected chi connectivity index (χ2v) is 4.97. The molecule has 1 aliphatic heterocycles. The first-order valence-corrected chi connectivity index (χ1v) is 6.79. The third-order valence-electron chi connectivity index (χ3n) is 3.62. The summed E-state index contributed by atoms with van der Waals surface area (Å²) < 4.78 is 0. The van der Waals surface area contributed by atoms with Crippen molar-refractivity contribution in [1.29, 1.82) is 0 Å². The fourth-order valence-corrected chi connectivity index (χ4v) is 2.59. The van der Waals surface area contributed by atoms with Gasteiger partial charge in [0.15, 0.2) is 0 Å². The Morgan fingerprint density at radius 3 is 2.71 bits per heavy atom.